The Kier molecular flexibility index (Phi) is 6.92. The second-order valence-corrected chi connectivity index (χ2v) is 7.91. The van der Waals surface area contributed by atoms with Crippen molar-refractivity contribution in [3.8, 4) is 28.7 Å². The molecule has 170 valence electrons. The van der Waals surface area contributed by atoms with Crippen molar-refractivity contribution >= 4 is 0 Å². The summed E-state index contributed by atoms with van der Waals surface area (Å²) in [5, 5.41) is 8.45. The normalized spacial score (nSPS) is 15.0. The van der Waals surface area contributed by atoms with Crippen LogP contribution in [0.5, 0.6) is 17.2 Å². The first-order chi connectivity index (χ1) is 15.6. The Hall–Kier alpha value is -3.10. The summed E-state index contributed by atoms with van der Waals surface area (Å²) in [6.07, 6.45) is 0. The quantitative estimate of drug-likeness (QED) is 0.530. The lowest BCUT2D eigenvalue weighted by Gasteiger charge is -2.34. The molecule has 32 heavy (non-hydrogen) atoms. The molecule has 0 aliphatic carbocycles. The van der Waals surface area contributed by atoms with Gasteiger partial charge in [0.05, 0.1) is 27.9 Å². The SMILES string of the molecule is COc1ccc(CN2CCN(Cc3nnc(-c4ccc(C)cc4)o3)CC2)c(OC)c1OC. The topological polar surface area (TPSA) is 73.1 Å². The number of nitrogens with zero attached hydrogens (tertiary/aromatic N) is 4. The minimum Gasteiger partial charge on any atom is -0.493 e. The number of aryl methyl sites for hydroxylation is 1. The van der Waals surface area contributed by atoms with E-state index in [-0.39, 0.29) is 0 Å². The summed E-state index contributed by atoms with van der Waals surface area (Å²) in [6.45, 7) is 7.24. The standard InChI is InChI=1S/C24H30N4O4/c1-17-5-7-18(8-6-17)24-26-25-21(32-24)16-28-13-11-27(12-14-28)15-19-9-10-20(29-2)23(31-4)22(19)30-3/h5-10H,11-16H2,1-4H3. The highest BCUT2D eigenvalue weighted by Gasteiger charge is 2.22. The predicted molar refractivity (Wildman–Crippen MR) is 121 cm³/mol. The van der Waals surface area contributed by atoms with E-state index in [1.54, 1.807) is 21.3 Å². The van der Waals surface area contributed by atoms with E-state index in [0.29, 0.717) is 29.8 Å². The smallest absolute Gasteiger partial charge is 0.247 e. The van der Waals surface area contributed by atoms with E-state index in [0.717, 1.165) is 49.6 Å². The van der Waals surface area contributed by atoms with Gasteiger partial charge in [-0.1, -0.05) is 23.8 Å². The fourth-order valence-electron chi connectivity index (χ4n) is 3.96. The number of piperazine rings is 1. The molecule has 0 amide bonds. The molecule has 2 aromatic carbocycles. The van der Waals surface area contributed by atoms with E-state index in [1.165, 1.54) is 5.56 Å². The van der Waals surface area contributed by atoms with Crippen LogP contribution in [0.3, 0.4) is 0 Å². The molecule has 0 spiro atoms. The molecule has 1 aromatic heterocycles. The Morgan fingerprint density at radius 3 is 2.06 bits per heavy atom. The average Bonchev–Trinajstić information content (AvgIpc) is 3.28. The Labute approximate surface area is 188 Å². The molecular weight excluding hydrogens is 408 g/mol. The summed E-state index contributed by atoms with van der Waals surface area (Å²) in [7, 11) is 4.92. The number of hydrogen-bond acceptors (Lipinski definition) is 8. The zero-order valence-electron chi connectivity index (χ0n) is 19.1. The molecule has 8 heteroatoms. The highest BCUT2D eigenvalue weighted by atomic mass is 16.5. The maximum Gasteiger partial charge on any atom is 0.247 e. The van der Waals surface area contributed by atoms with Crippen LogP contribution in [-0.2, 0) is 13.1 Å². The second kappa shape index (κ2) is 10.0. The molecule has 1 aliphatic heterocycles. The molecule has 0 bridgehead atoms. The third kappa shape index (κ3) is 4.87. The molecule has 2 heterocycles. The predicted octanol–water partition coefficient (Wildman–Crippen LogP) is 3.39. The van der Waals surface area contributed by atoms with Gasteiger partial charge in [-0.25, -0.2) is 0 Å². The van der Waals surface area contributed by atoms with Crippen LogP contribution >= 0.6 is 0 Å². The largest absolute Gasteiger partial charge is 0.493 e. The summed E-state index contributed by atoms with van der Waals surface area (Å²) < 4.78 is 22.4. The molecule has 4 rings (SSSR count). The van der Waals surface area contributed by atoms with E-state index < -0.39 is 0 Å². The number of hydrogen-bond donors (Lipinski definition) is 0. The molecule has 1 fully saturated rings. The zero-order valence-corrected chi connectivity index (χ0v) is 19.1. The summed E-state index contributed by atoms with van der Waals surface area (Å²) >= 11 is 0. The van der Waals surface area contributed by atoms with Gasteiger partial charge >= 0.3 is 0 Å². The fourth-order valence-corrected chi connectivity index (χ4v) is 3.96. The van der Waals surface area contributed by atoms with Crippen LogP contribution < -0.4 is 14.2 Å². The van der Waals surface area contributed by atoms with Crippen molar-refractivity contribution in [2.75, 3.05) is 47.5 Å². The van der Waals surface area contributed by atoms with Gasteiger partial charge in [0.2, 0.25) is 17.5 Å². The molecule has 1 aliphatic rings. The van der Waals surface area contributed by atoms with Gasteiger partial charge in [-0.05, 0) is 25.1 Å². The van der Waals surface area contributed by atoms with E-state index >= 15 is 0 Å². The van der Waals surface area contributed by atoms with Crippen molar-refractivity contribution in [1.82, 2.24) is 20.0 Å². The van der Waals surface area contributed by atoms with Crippen molar-refractivity contribution in [1.29, 1.82) is 0 Å². The van der Waals surface area contributed by atoms with Crippen molar-refractivity contribution in [2.24, 2.45) is 0 Å². The Balaban J connectivity index is 1.34. The second-order valence-electron chi connectivity index (χ2n) is 7.91. The number of ether oxygens (including phenoxy) is 3. The van der Waals surface area contributed by atoms with Crippen LogP contribution in [-0.4, -0.2) is 67.5 Å². The Morgan fingerprint density at radius 2 is 1.44 bits per heavy atom. The van der Waals surface area contributed by atoms with Gasteiger partial charge in [0.25, 0.3) is 0 Å². The third-order valence-corrected chi connectivity index (χ3v) is 5.77. The first kappa shape index (κ1) is 22.1. The Morgan fingerprint density at radius 1 is 0.781 bits per heavy atom. The first-order valence-electron chi connectivity index (χ1n) is 10.7. The molecule has 0 radical (unpaired) electrons. The van der Waals surface area contributed by atoms with E-state index in [9.17, 15) is 0 Å². The number of methoxy groups -OCH3 is 3. The molecule has 0 N–H and O–H groups in total. The van der Waals surface area contributed by atoms with Gasteiger partial charge < -0.3 is 18.6 Å². The van der Waals surface area contributed by atoms with Gasteiger partial charge in [0.1, 0.15) is 0 Å². The lowest BCUT2D eigenvalue weighted by molar-refractivity contribution is 0.114. The number of benzene rings is 2. The summed E-state index contributed by atoms with van der Waals surface area (Å²) in [5.74, 6) is 3.24. The maximum absolute atomic E-state index is 5.89. The van der Waals surface area contributed by atoms with Crippen LogP contribution in [0.2, 0.25) is 0 Å². The van der Waals surface area contributed by atoms with Crippen LogP contribution in [0.25, 0.3) is 11.5 Å². The highest BCUT2D eigenvalue weighted by Crippen LogP contribution is 2.40. The Bertz CT molecular complexity index is 1030. The molecule has 8 nitrogen and oxygen atoms in total. The fraction of sp³-hybridized carbons (Fsp3) is 0.417. The van der Waals surface area contributed by atoms with Crippen LogP contribution in [0.1, 0.15) is 17.0 Å². The van der Waals surface area contributed by atoms with Gasteiger partial charge in [0, 0.05) is 43.9 Å². The average molecular weight is 439 g/mol. The summed E-state index contributed by atoms with van der Waals surface area (Å²) in [5.41, 5.74) is 3.23. The summed E-state index contributed by atoms with van der Waals surface area (Å²) in [6, 6.07) is 12.1. The maximum atomic E-state index is 5.89. The zero-order chi connectivity index (χ0) is 22.5. The molecule has 3 aromatic rings. The lowest BCUT2D eigenvalue weighted by Crippen LogP contribution is -2.45. The van der Waals surface area contributed by atoms with Gasteiger partial charge in [-0.3, -0.25) is 9.80 Å². The molecule has 1 saturated heterocycles. The molecule has 0 atom stereocenters. The minimum atomic E-state index is 0.569. The molecule has 0 saturated carbocycles. The van der Waals surface area contributed by atoms with Gasteiger partial charge in [0.15, 0.2) is 11.5 Å². The van der Waals surface area contributed by atoms with Crippen molar-refractivity contribution in [2.45, 2.75) is 20.0 Å². The molecule has 0 unspecified atom stereocenters. The van der Waals surface area contributed by atoms with Crippen LogP contribution in [0, 0.1) is 6.92 Å². The van der Waals surface area contributed by atoms with Crippen LogP contribution in [0.15, 0.2) is 40.8 Å². The highest BCUT2D eigenvalue weighted by molar-refractivity contribution is 5.56. The van der Waals surface area contributed by atoms with Gasteiger partial charge in [-0.15, -0.1) is 10.2 Å². The van der Waals surface area contributed by atoms with Crippen molar-refractivity contribution < 1.29 is 18.6 Å². The molecular formula is C24H30N4O4. The van der Waals surface area contributed by atoms with Gasteiger partial charge in [-0.2, -0.15) is 0 Å². The third-order valence-electron chi connectivity index (χ3n) is 5.77. The van der Waals surface area contributed by atoms with Crippen molar-refractivity contribution in [3.63, 3.8) is 0 Å². The number of aromatic nitrogens is 2. The van der Waals surface area contributed by atoms with E-state index in [2.05, 4.69) is 26.9 Å². The van der Waals surface area contributed by atoms with E-state index in [1.807, 2.05) is 36.4 Å². The van der Waals surface area contributed by atoms with Crippen LogP contribution in [0.4, 0.5) is 0 Å². The lowest BCUT2D eigenvalue weighted by atomic mass is 10.1. The minimum absolute atomic E-state index is 0.569. The summed E-state index contributed by atoms with van der Waals surface area (Å²) in [4.78, 5) is 4.75. The monoisotopic (exact) mass is 438 g/mol. The van der Waals surface area contributed by atoms with E-state index in [4.69, 9.17) is 18.6 Å². The van der Waals surface area contributed by atoms with Crippen molar-refractivity contribution in [3.05, 3.63) is 53.4 Å². The number of rotatable bonds is 8. The first-order valence-corrected chi connectivity index (χ1v) is 10.7.